The average molecular weight is 517 g/mol. The van der Waals surface area contributed by atoms with Gasteiger partial charge in [0.2, 0.25) is 0 Å². The van der Waals surface area contributed by atoms with E-state index in [9.17, 15) is 0 Å². The molecular weight excluding hydrogens is 486 g/mol. The van der Waals surface area contributed by atoms with Crippen molar-refractivity contribution < 1.29 is 18.9 Å². The molecule has 0 spiro atoms. The number of ether oxygens (including phenoxy) is 4. The van der Waals surface area contributed by atoms with E-state index in [0.29, 0.717) is 0 Å². The van der Waals surface area contributed by atoms with Gasteiger partial charge >= 0.3 is 0 Å². The molecule has 6 heteroatoms. The summed E-state index contributed by atoms with van der Waals surface area (Å²) in [6.07, 6.45) is 0. The molecule has 0 aliphatic heterocycles. The van der Waals surface area contributed by atoms with E-state index < -0.39 is 15.8 Å². The van der Waals surface area contributed by atoms with Gasteiger partial charge in [-0.3, -0.25) is 0 Å². The second kappa shape index (κ2) is 12.6. The van der Waals surface area contributed by atoms with E-state index in [2.05, 4.69) is 60.2 Å². The van der Waals surface area contributed by atoms with Crippen LogP contribution >= 0.6 is 15.8 Å². The lowest BCUT2D eigenvalue weighted by atomic mass is 10.3. The van der Waals surface area contributed by atoms with Crippen LogP contribution in [0.3, 0.4) is 0 Å². The van der Waals surface area contributed by atoms with E-state index in [1.54, 1.807) is 28.4 Å². The van der Waals surface area contributed by atoms with Crippen LogP contribution in [0.5, 0.6) is 23.0 Å². The number of para-hydroxylation sites is 4. The van der Waals surface area contributed by atoms with E-state index in [1.807, 2.05) is 48.5 Å². The summed E-state index contributed by atoms with van der Waals surface area (Å²) in [6, 6.07) is 32.8. The van der Waals surface area contributed by atoms with Crippen molar-refractivity contribution in [2.45, 2.75) is 0 Å². The predicted molar refractivity (Wildman–Crippen MR) is 153 cm³/mol. The van der Waals surface area contributed by atoms with Crippen molar-refractivity contribution in [3.63, 3.8) is 0 Å². The molecule has 0 aliphatic rings. The van der Waals surface area contributed by atoms with Crippen LogP contribution in [-0.4, -0.2) is 28.4 Å². The molecule has 0 heterocycles. The number of hydrogen-bond donors (Lipinski definition) is 0. The Balaban J connectivity index is 1.91. The largest absolute Gasteiger partial charge is 0.496 e. The zero-order chi connectivity index (χ0) is 25.3. The van der Waals surface area contributed by atoms with Gasteiger partial charge in [-0.25, -0.2) is 0 Å². The highest BCUT2D eigenvalue weighted by Gasteiger charge is 2.22. The minimum Gasteiger partial charge on any atom is -0.496 e. The van der Waals surface area contributed by atoms with Crippen molar-refractivity contribution in [2.24, 2.45) is 0 Å². The van der Waals surface area contributed by atoms with Crippen molar-refractivity contribution >= 4 is 37.1 Å². The molecular formula is C30H30O4P2. The Hall–Kier alpha value is -3.32. The molecule has 36 heavy (non-hydrogen) atoms. The van der Waals surface area contributed by atoms with E-state index in [1.165, 1.54) is 0 Å². The number of rotatable bonds is 10. The van der Waals surface area contributed by atoms with Gasteiger partial charge in [-0.1, -0.05) is 84.4 Å². The molecule has 0 unspecified atom stereocenters. The Kier molecular flexibility index (Phi) is 9.01. The van der Waals surface area contributed by atoms with Gasteiger partial charge in [-0.2, -0.15) is 0 Å². The van der Waals surface area contributed by atoms with E-state index in [0.717, 1.165) is 44.2 Å². The van der Waals surface area contributed by atoms with E-state index in [-0.39, 0.29) is 0 Å². The van der Waals surface area contributed by atoms with Crippen molar-refractivity contribution in [1.29, 1.82) is 0 Å². The fourth-order valence-electron chi connectivity index (χ4n) is 4.03. The molecule has 0 atom stereocenters. The molecule has 0 aromatic heterocycles. The monoisotopic (exact) mass is 516 g/mol. The maximum Gasteiger partial charge on any atom is 0.127 e. The summed E-state index contributed by atoms with van der Waals surface area (Å²) >= 11 is 0. The number of methoxy groups -OCH3 is 4. The van der Waals surface area contributed by atoms with Crippen LogP contribution in [0.25, 0.3) is 0 Å². The molecule has 4 aromatic carbocycles. The lowest BCUT2D eigenvalue weighted by Crippen LogP contribution is -2.16. The highest BCUT2D eigenvalue weighted by atomic mass is 31.1. The van der Waals surface area contributed by atoms with Gasteiger partial charge in [0.1, 0.15) is 23.0 Å². The topological polar surface area (TPSA) is 36.9 Å². The first-order valence-electron chi connectivity index (χ1n) is 11.5. The first-order chi connectivity index (χ1) is 17.7. The van der Waals surface area contributed by atoms with Crippen LogP contribution in [0.1, 0.15) is 0 Å². The smallest absolute Gasteiger partial charge is 0.127 e. The highest BCUT2D eigenvalue weighted by molar-refractivity contribution is 7.79. The number of benzene rings is 4. The van der Waals surface area contributed by atoms with Crippen LogP contribution in [0.4, 0.5) is 0 Å². The normalized spacial score (nSPS) is 11.2. The third-order valence-electron chi connectivity index (χ3n) is 5.74. The summed E-state index contributed by atoms with van der Waals surface area (Å²) < 4.78 is 23.1. The summed E-state index contributed by atoms with van der Waals surface area (Å²) in [5, 5.41) is 4.52. The molecule has 0 aliphatic carbocycles. The lowest BCUT2D eigenvalue weighted by molar-refractivity contribution is 0.417. The van der Waals surface area contributed by atoms with Crippen LogP contribution in [0, 0.1) is 0 Å². The fraction of sp³-hybridized carbons (Fsp3) is 0.133. The lowest BCUT2D eigenvalue weighted by Gasteiger charge is -2.23. The molecule has 0 amide bonds. The molecule has 0 N–H and O–H groups in total. The second-order valence-electron chi connectivity index (χ2n) is 7.73. The average Bonchev–Trinajstić information content (AvgIpc) is 2.95. The quantitative estimate of drug-likeness (QED) is 0.251. The Morgan fingerprint density at radius 3 is 0.833 bits per heavy atom. The molecule has 0 radical (unpaired) electrons. The molecule has 0 fully saturated rings. The molecule has 4 aromatic rings. The summed E-state index contributed by atoms with van der Waals surface area (Å²) in [5.74, 6) is 8.07. The summed E-state index contributed by atoms with van der Waals surface area (Å²) in [4.78, 5) is 0. The minimum atomic E-state index is -0.941. The van der Waals surface area contributed by atoms with Gasteiger partial charge in [0, 0.05) is 21.2 Å². The van der Waals surface area contributed by atoms with Crippen molar-refractivity contribution in [3.05, 3.63) is 109 Å². The third kappa shape index (κ3) is 5.57. The van der Waals surface area contributed by atoms with Gasteiger partial charge in [0.15, 0.2) is 0 Å². The zero-order valence-corrected chi connectivity index (χ0v) is 22.7. The first-order valence-corrected chi connectivity index (χ1v) is 14.3. The Labute approximate surface area is 216 Å². The Morgan fingerprint density at radius 1 is 0.389 bits per heavy atom. The van der Waals surface area contributed by atoms with Crippen molar-refractivity contribution in [2.75, 3.05) is 28.4 Å². The Morgan fingerprint density at radius 2 is 0.611 bits per heavy atom. The number of hydrogen-bond acceptors (Lipinski definition) is 4. The summed E-state index contributed by atoms with van der Waals surface area (Å²) in [7, 11) is 4.99. The molecule has 4 nitrogen and oxygen atoms in total. The predicted octanol–water partition coefficient (Wildman–Crippen LogP) is 5.76. The molecule has 4 rings (SSSR count). The third-order valence-corrected chi connectivity index (χ3v) is 10.4. The molecule has 0 saturated carbocycles. The van der Waals surface area contributed by atoms with E-state index in [4.69, 9.17) is 18.9 Å². The summed E-state index contributed by atoms with van der Waals surface area (Å²) in [5.41, 5.74) is 0. The molecule has 184 valence electrons. The standard InChI is InChI=1S/C30H30O4P2/c1-31-23-13-5-9-17-27(23)35(28-18-10-6-14-24(28)32-2)21-22-36(29-19-11-7-15-25(29)33-3)30-20-12-8-16-26(30)34-4/h5-22H,1-4H3/b22-21+. The van der Waals surface area contributed by atoms with Gasteiger partial charge in [0.25, 0.3) is 0 Å². The molecule has 0 bridgehead atoms. The summed E-state index contributed by atoms with van der Waals surface area (Å²) in [6.45, 7) is 0. The maximum atomic E-state index is 5.78. The zero-order valence-electron chi connectivity index (χ0n) is 20.9. The SMILES string of the molecule is COc1ccccc1P(/C=C/P(c1ccccc1OC)c1ccccc1OC)c1ccccc1OC. The van der Waals surface area contributed by atoms with Crippen LogP contribution in [0.2, 0.25) is 0 Å². The van der Waals surface area contributed by atoms with Crippen LogP contribution in [0.15, 0.2) is 109 Å². The van der Waals surface area contributed by atoms with Gasteiger partial charge < -0.3 is 18.9 Å². The van der Waals surface area contributed by atoms with Crippen LogP contribution in [-0.2, 0) is 0 Å². The van der Waals surface area contributed by atoms with Crippen molar-refractivity contribution in [1.82, 2.24) is 0 Å². The first kappa shape index (κ1) is 25.8. The molecule has 0 saturated heterocycles. The van der Waals surface area contributed by atoms with Gasteiger partial charge in [-0.15, -0.1) is 0 Å². The second-order valence-corrected chi connectivity index (χ2v) is 11.7. The van der Waals surface area contributed by atoms with E-state index >= 15 is 0 Å². The van der Waals surface area contributed by atoms with Crippen molar-refractivity contribution in [3.8, 4) is 23.0 Å². The van der Waals surface area contributed by atoms with Crippen LogP contribution < -0.4 is 40.2 Å². The Bertz CT molecular complexity index is 1130. The van der Waals surface area contributed by atoms with Gasteiger partial charge in [0.05, 0.1) is 28.4 Å². The van der Waals surface area contributed by atoms with Gasteiger partial charge in [-0.05, 0) is 40.1 Å². The highest BCUT2D eigenvalue weighted by Crippen LogP contribution is 2.47. The minimum absolute atomic E-state index is 0.859. The maximum absolute atomic E-state index is 5.78. The fourth-order valence-corrected chi connectivity index (χ4v) is 8.86.